The fourth-order valence-electron chi connectivity index (χ4n) is 3.48. The lowest BCUT2D eigenvalue weighted by molar-refractivity contribution is -0.125. The van der Waals surface area contributed by atoms with Crippen LogP contribution in [0.25, 0.3) is 11.3 Å². The molecule has 5 nitrogen and oxygen atoms in total. The van der Waals surface area contributed by atoms with Crippen LogP contribution in [0.5, 0.6) is 0 Å². The van der Waals surface area contributed by atoms with Crippen LogP contribution in [0.3, 0.4) is 0 Å². The molecular formula is C22H30N4O. The summed E-state index contributed by atoms with van der Waals surface area (Å²) in [6.45, 7) is 8.82. The SMILES string of the molecule is Cc1cccc(-c2ccc(N3CCC[C@@H](C(=O)NCCC(C)C)C3)nn2)c1. The average Bonchev–Trinajstić information content (AvgIpc) is 2.68. The van der Waals surface area contributed by atoms with Gasteiger partial charge in [-0.1, -0.05) is 37.6 Å². The van der Waals surface area contributed by atoms with Crippen LogP contribution in [-0.2, 0) is 4.79 Å². The van der Waals surface area contributed by atoms with Crippen LogP contribution in [0.4, 0.5) is 5.82 Å². The van der Waals surface area contributed by atoms with Crippen LogP contribution in [0.15, 0.2) is 36.4 Å². The summed E-state index contributed by atoms with van der Waals surface area (Å²) in [4.78, 5) is 14.6. The van der Waals surface area contributed by atoms with Crippen molar-refractivity contribution in [2.45, 2.75) is 40.0 Å². The molecule has 1 amide bonds. The Morgan fingerprint density at radius 1 is 1.26 bits per heavy atom. The van der Waals surface area contributed by atoms with E-state index in [1.54, 1.807) is 0 Å². The van der Waals surface area contributed by atoms with Crippen molar-refractivity contribution < 1.29 is 4.79 Å². The second-order valence-electron chi connectivity index (χ2n) is 7.90. The molecule has 27 heavy (non-hydrogen) atoms. The van der Waals surface area contributed by atoms with Gasteiger partial charge in [0.2, 0.25) is 5.91 Å². The van der Waals surface area contributed by atoms with E-state index in [9.17, 15) is 4.79 Å². The van der Waals surface area contributed by atoms with Crippen molar-refractivity contribution in [1.29, 1.82) is 0 Å². The number of piperidine rings is 1. The van der Waals surface area contributed by atoms with Crippen LogP contribution in [0, 0.1) is 18.8 Å². The van der Waals surface area contributed by atoms with Gasteiger partial charge in [-0.2, -0.15) is 0 Å². The number of hydrogen-bond donors (Lipinski definition) is 1. The van der Waals surface area contributed by atoms with Crippen molar-refractivity contribution in [2.75, 3.05) is 24.5 Å². The van der Waals surface area contributed by atoms with Gasteiger partial charge in [0.1, 0.15) is 0 Å². The number of rotatable bonds is 6. The van der Waals surface area contributed by atoms with Gasteiger partial charge in [-0.3, -0.25) is 4.79 Å². The lowest BCUT2D eigenvalue weighted by atomic mass is 9.97. The highest BCUT2D eigenvalue weighted by molar-refractivity contribution is 5.79. The Morgan fingerprint density at radius 3 is 2.81 bits per heavy atom. The molecule has 0 radical (unpaired) electrons. The molecular weight excluding hydrogens is 336 g/mol. The summed E-state index contributed by atoms with van der Waals surface area (Å²) in [7, 11) is 0. The number of anilines is 1. The molecule has 1 N–H and O–H groups in total. The molecule has 2 heterocycles. The number of carbonyl (C=O) groups is 1. The molecule has 1 fully saturated rings. The third-order valence-electron chi connectivity index (χ3n) is 5.10. The molecule has 0 saturated carbocycles. The van der Waals surface area contributed by atoms with E-state index in [-0.39, 0.29) is 11.8 Å². The first-order valence-electron chi connectivity index (χ1n) is 9.96. The van der Waals surface area contributed by atoms with E-state index in [0.29, 0.717) is 12.5 Å². The molecule has 1 atom stereocenters. The third-order valence-corrected chi connectivity index (χ3v) is 5.10. The fraction of sp³-hybridized carbons (Fsp3) is 0.500. The standard InChI is InChI=1S/C22H30N4O/c1-16(2)11-12-23-22(27)19-8-5-13-26(15-19)21-10-9-20(24-25-21)18-7-4-6-17(3)14-18/h4,6-7,9-10,14,16,19H,5,8,11-13,15H2,1-3H3,(H,23,27)/t19-/m1/s1. The summed E-state index contributed by atoms with van der Waals surface area (Å²) < 4.78 is 0. The Hall–Kier alpha value is -2.43. The van der Waals surface area contributed by atoms with Crippen molar-refractivity contribution >= 4 is 11.7 Å². The molecule has 0 spiro atoms. The van der Waals surface area contributed by atoms with Gasteiger partial charge in [0.05, 0.1) is 11.6 Å². The van der Waals surface area contributed by atoms with Gasteiger partial charge in [0, 0.05) is 25.2 Å². The maximum atomic E-state index is 12.5. The van der Waals surface area contributed by atoms with Gasteiger partial charge in [0.25, 0.3) is 0 Å². The lowest BCUT2D eigenvalue weighted by Crippen LogP contribution is -2.43. The topological polar surface area (TPSA) is 58.1 Å². The Labute approximate surface area is 162 Å². The fourth-order valence-corrected chi connectivity index (χ4v) is 3.48. The molecule has 144 valence electrons. The molecule has 3 rings (SSSR count). The number of benzene rings is 1. The quantitative estimate of drug-likeness (QED) is 0.844. The second kappa shape index (κ2) is 8.98. The molecule has 1 aromatic heterocycles. The van der Waals surface area contributed by atoms with Crippen molar-refractivity contribution in [3.63, 3.8) is 0 Å². The zero-order valence-corrected chi connectivity index (χ0v) is 16.6. The van der Waals surface area contributed by atoms with Gasteiger partial charge < -0.3 is 10.2 Å². The molecule has 0 aliphatic carbocycles. The number of carbonyl (C=O) groups excluding carboxylic acids is 1. The normalized spacial score (nSPS) is 17.2. The smallest absolute Gasteiger partial charge is 0.224 e. The average molecular weight is 367 g/mol. The van der Waals surface area contributed by atoms with Gasteiger partial charge in [-0.25, -0.2) is 0 Å². The maximum Gasteiger partial charge on any atom is 0.224 e. The highest BCUT2D eigenvalue weighted by atomic mass is 16.1. The Kier molecular flexibility index (Phi) is 6.43. The van der Waals surface area contributed by atoms with Crippen LogP contribution in [-0.4, -0.2) is 35.7 Å². The van der Waals surface area contributed by atoms with Crippen molar-refractivity contribution in [1.82, 2.24) is 15.5 Å². The monoisotopic (exact) mass is 366 g/mol. The zero-order chi connectivity index (χ0) is 19.2. The van der Waals surface area contributed by atoms with Crippen molar-refractivity contribution in [2.24, 2.45) is 11.8 Å². The van der Waals surface area contributed by atoms with Gasteiger partial charge in [-0.15, -0.1) is 10.2 Å². The molecule has 1 aromatic carbocycles. The minimum absolute atomic E-state index is 0.0316. The van der Waals surface area contributed by atoms with E-state index in [2.05, 4.69) is 59.4 Å². The maximum absolute atomic E-state index is 12.5. The Bertz CT molecular complexity index is 757. The third kappa shape index (κ3) is 5.28. The van der Waals surface area contributed by atoms with Gasteiger partial charge >= 0.3 is 0 Å². The number of hydrogen-bond acceptors (Lipinski definition) is 4. The van der Waals surface area contributed by atoms with E-state index in [1.165, 1.54) is 5.56 Å². The highest BCUT2D eigenvalue weighted by Crippen LogP contribution is 2.24. The molecule has 5 heteroatoms. The van der Waals surface area contributed by atoms with E-state index >= 15 is 0 Å². The molecule has 1 aliphatic heterocycles. The highest BCUT2D eigenvalue weighted by Gasteiger charge is 2.26. The predicted octanol–water partition coefficient (Wildman–Crippen LogP) is 3.83. The van der Waals surface area contributed by atoms with E-state index in [0.717, 1.165) is 49.4 Å². The molecule has 0 bridgehead atoms. The summed E-state index contributed by atoms with van der Waals surface area (Å²) in [5, 5.41) is 11.9. The summed E-state index contributed by atoms with van der Waals surface area (Å²) in [5.41, 5.74) is 3.17. The first kappa shape index (κ1) is 19.3. The van der Waals surface area contributed by atoms with Crippen LogP contribution < -0.4 is 10.2 Å². The summed E-state index contributed by atoms with van der Waals surface area (Å²) in [6.07, 6.45) is 2.97. The molecule has 1 saturated heterocycles. The minimum Gasteiger partial charge on any atom is -0.356 e. The molecule has 2 aromatic rings. The van der Waals surface area contributed by atoms with E-state index in [4.69, 9.17) is 0 Å². The first-order chi connectivity index (χ1) is 13.0. The largest absolute Gasteiger partial charge is 0.356 e. The predicted molar refractivity (Wildman–Crippen MR) is 110 cm³/mol. The number of nitrogens with zero attached hydrogens (tertiary/aromatic N) is 3. The van der Waals surface area contributed by atoms with Crippen LogP contribution in [0.1, 0.15) is 38.7 Å². The number of aryl methyl sites for hydroxylation is 1. The second-order valence-corrected chi connectivity index (χ2v) is 7.90. The molecule has 1 aliphatic rings. The number of nitrogens with one attached hydrogen (secondary N) is 1. The van der Waals surface area contributed by atoms with Gasteiger partial charge in [0.15, 0.2) is 5.82 Å². The van der Waals surface area contributed by atoms with Crippen molar-refractivity contribution in [3.05, 3.63) is 42.0 Å². The molecule has 0 unspecified atom stereocenters. The summed E-state index contributed by atoms with van der Waals surface area (Å²) >= 11 is 0. The summed E-state index contributed by atoms with van der Waals surface area (Å²) in [6, 6.07) is 12.3. The number of amides is 1. The Morgan fingerprint density at radius 2 is 2.11 bits per heavy atom. The van der Waals surface area contributed by atoms with Gasteiger partial charge in [-0.05, 0) is 50.3 Å². The lowest BCUT2D eigenvalue weighted by Gasteiger charge is -2.32. The van der Waals surface area contributed by atoms with Crippen LogP contribution >= 0.6 is 0 Å². The summed E-state index contributed by atoms with van der Waals surface area (Å²) in [5.74, 6) is 1.66. The first-order valence-corrected chi connectivity index (χ1v) is 9.96. The zero-order valence-electron chi connectivity index (χ0n) is 16.6. The minimum atomic E-state index is 0.0316. The van der Waals surface area contributed by atoms with Crippen molar-refractivity contribution in [3.8, 4) is 11.3 Å². The van der Waals surface area contributed by atoms with E-state index in [1.807, 2.05) is 18.2 Å². The number of aromatic nitrogens is 2. The Balaban J connectivity index is 1.61. The van der Waals surface area contributed by atoms with E-state index < -0.39 is 0 Å². The van der Waals surface area contributed by atoms with Crippen LogP contribution in [0.2, 0.25) is 0 Å².